The van der Waals surface area contributed by atoms with Crippen molar-refractivity contribution >= 4 is 23.2 Å². The van der Waals surface area contributed by atoms with E-state index in [0.717, 1.165) is 35.7 Å². The monoisotopic (exact) mass is 324 g/mol. The number of hydrogen-bond acceptors (Lipinski definition) is 1. The predicted molar refractivity (Wildman–Crippen MR) is 90.4 cm³/mol. The van der Waals surface area contributed by atoms with Gasteiger partial charge in [-0.1, -0.05) is 48.4 Å². The third-order valence-corrected chi connectivity index (χ3v) is 4.68. The Morgan fingerprint density at radius 2 is 2.05 bits per heavy atom. The van der Waals surface area contributed by atoms with E-state index in [9.17, 15) is 0 Å². The van der Waals surface area contributed by atoms with Gasteiger partial charge in [0.1, 0.15) is 0 Å². The van der Waals surface area contributed by atoms with E-state index in [1.165, 1.54) is 11.1 Å². The maximum atomic E-state index is 6.43. The Bertz CT molecular complexity index is 605. The molecule has 0 spiro atoms. The van der Waals surface area contributed by atoms with Gasteiger partial charge in [0.25, 0.3) is 0 Å². The van der Waals surface area contributed by atoms with E-state index < -0.39 is 0 Å². The van der Waals surface area contributed by atoms with Gasteiger partial charge < -0.3 is 0 Å². The second-order valence-electron chi connectivity index (χ2n) is 5.60. The van der Waals surface area contributed by atoms with Gasteiger partial charge in [-0.15, -0.1) is 11.6 Å². The molecule has 1 unspecified atom stereocenters. The second kappa shape index (κ2) is 7.33. The quantitative estimate of drug-likeness (QED) is 0.711. The molecule has 2 aromatic rings. The largest absolute Gasteiger partial charge is 0.271 e. The van der Waals surface area contributed by atoms with Gasteiger partial charge in [-0.05, 0) is 37.7 Å². The first-order valence-electron chi connectivity index (χ1n) is 7.36. The zero-order valence-corrected chi connectivity index (χ0v) is 14.4. The summed E-state index contributed by atoms with van der Waals surface area (Å²) in [5, 5.41) is 5.28. The van der Waals surface area contributed by atoms with Crippen LogP contribution in [0.1, 0.15) is 29.4 Å². The molecular formula is C17H22Cl2N2. The lowest BCUT2D eigenvalue weighted by molar-refractivity contribution is 0.551. The molecule has 2 rings (SSSR count). The molecule has 0 N–H and O–H groups in total. The Hall–Kier alpha value is -0.990. The smallest absolute Gasteiger partial charge is 0.0849 e. The van der Waals surface area contributed by atoms with E-state index in [1.54, 1.807) is 0 Å². The molecule has 2 nitrogen and oxygen atoms in total. The maximum absolute atomic E-state index is 6.43. The molecule has 1 atom stereocenters. The first-order chi connectivity index (χ1) is 10.0. The summed E-state index contributed by atoms with van der Waals surface area (Å²) in [4.78, 5) is 0. The van der Waals surface area contributed by atoms with Crippen LogP contribution in [0.15, 0.2) is 24.3 Å². The number of halogens is 2. The van der Waals surface area contributed by atoms with Crippen molar-refractivity contribution in [2.45, 2.75) is 33.1 Å². The van der Waals surface area contributed by atoms with Crippen molar-refractivity contribution in [2.75, 3.05) is 5.88 Å². The Morgan fingerprint density at radius 3 is 2.62 bits per heavy atom. The zero-order chi connectivity index (χ0) is 15.4. The van der Waals surface area contributed by atoms with Crippen molar-refractivity contribution in [1.82, 2.24) is 9.78 Å². The van der Waals surface area contributed by atoms with Crippen LogP contribution in [0.2, 0.25) is 5.02 Å². The highest BCUT2D eigenvalue weighted by Gasteiger charge is 2.18. The number of aromatic nitrogens is 2. The van der Waals surface area contributed by atoms with E-state index in [1.807, 2.05) is 11.7 Å². The Labute approximate surface area is 137 Å². The van der Waals surface area contributed by atoms with Crippen LogP contribution in [-0.2, 0) is 26.3 Å². The van der Waals surface area contributed by atoms with Gasteiger partial charge in [-0.2, -0.15) is 5.10 Å². The van der Waals surface area contributed by atoms with Gasteiger partial charge in [-0.25, -0.2) is 0 Å². The Balaban J connectivity index is 2.14. The number of benzene rings is 1. The molecule has 1 heterocycles. The van der Waals surface area contributed by atoms with Crippen molar-refractivity contribution < 1.29 is 0 Å². The summed E-state index contributed by atoms with van der Waals surface area (Å²) in [5.41, 5.74) is 4.67. The first kappa shape index (κ1) is 16.4. The molecule has 0 bridgehead atoms. The van der Waals surface area contributed by atoms with Gasteiger partial charge in [0.2, 0.25) is 0 Å². The van der Waals surface area contributed by atoms with Gasteiger partial charge in [0, 0.05) is 12.9 Å². The van der Waals surface area contributed by atoms with Crippen molar-refractivity contribution in [3.8, 4) is 0 Å². The lowest BCUT2D eigenvalue weighted by atomic mass is 9.95. The lowest BCUT2D eigenvalue weighted by Gasteiger charge is -2.15. The van der Waals surface area contributed by atoms with Gasteiger partial charge >= 0.3 is 0 Å². The van der Waals surface area contributed by atoms with Crippen LogP contribution in [0, 0.1) is 12.8 Å². The molecule has 1 aromatic heterocycles. The Morgan fingerprint density at radius 1 is 1.29 bits per heavy atom. The third-order valence-electron chi connectivity index (χ3n) is 3.81. The van der Waals surface area contributed by atoms with E-state index >= 15 is 0 Å². The van der Waals surface area contributed by atoms with Crippen molar-refractivity contribution in [3.05, 3.63) is 51.8 Å². The summed E-state index contributed by atoms with van der Waals surface area (Å²) in [6.07, 6.45) is 2.68. The second-order valence-corrected chi connectivity index (χ2v) is 6.29. The molecule has 0 aliphatic carbocycles. The number of rotatable bonds is 6. The first-order valence-corrected chi connectivity index (χ1v) is 8.28. The summed E-state index contributed by atoms with van der Waals surface area (Å²) in [6, 6.07) is 8.60. The normalized spacial score (nSPS) is 12.6. The molecular weight excluding hydrogens is 303 g/mol. The number of aryl methyl sites for hydroxylation is 3. The molecule has 4 heteroatoms. The van der Waals surface area contributed by atoms with Crippen LogP contribution in [-0.4, -0.2) is 15.7 Å². The van der Waals surface area contributed by atoms with Gasteiger partial charge in [-0.3, -0.25) is 4.68 Å². The van der Waals surface area contributed by atoms with E-state index in [-0.39, 0.29) is 0 Å². The number of alkyl halides is 1. The fourth-order valence-corrected chi connectivity index (χ4v) is 3.26. The molecule has 114 valence electrons. The predicted octanol–water partition coefficient (Wildman–Crippen LogP) is 4.58. The van der Waals surface area contributed by atoms with Crippen LogP contribution in [0.4, 0.5) is 0 Å². The maximum Gasteiger partial charge on any atom is 0.0849 e. The molecule has 0 aliphatic rings. The average molecular weight is 325 g/mol. The summed E-state index contributed by atoms with van der Waals surface area (Å²) in [5.74, 6) is 0.989. The summed E-state index contributed by atoms with van der Waals surface area (Å²) in [6.45, 7) is 4.19. The van der Waals surface area contributed by atoms with Crippen LogP contribution < -0.4 is 0 Å². The highest BCUT2D eigenvalue weighted by atomic mass is 35.5. The minimum atomic E-state index is 0.367. The molecule has 0 amide bonds. The third kappa shape index (κ3) is 4.02. The average Bonchev–Trinajstić information content (AvgIpc) is 2.73. The molecule has 0 saturated heterocycles. The summed E-state index contributed by atoms with van der Waals surface area (Å²) in [7, 11) is 1.96. The van der Waals surface area contributed by atoms with E-state index in [2.05, 4.69) is 43.2 Å². The molecule has 21 heavy (non-hydrogen) atoms. The van der Waals surface area contributed by atoms with Crippen molar-refractivity contribution in [3.63, 3.8) is 0 Å². The SMILES string of the molecule is CCc1nn(C)c(CC(CCl)Cc2cccc(C)c2)c1Cl. The lowest BCUT2D eigenvalue weighted by Crippen LogP contribution is -2.13. The van der Waals surface area contributed by atoms with Crippen molar-refractivity contribution in [1.29, 1.82) is 0 Å². The standard InChI is InChI=1S/C17H22Cl2N2/c1-4-15-17(19)16(21(3)20-15)10-14(11-18)9-13-7-5-6-12(2)8-13/h5-8,14H,4,9-11H2,1-3H3. The fourth-order valence-electron chi connectivity index (χ4n) is 2.67. The topological polar surface area (TPSA) is 17.8 Å². The van der Waals surface area contributed by atoms with E-state index in [0.29, 0.717) is 11.8 Å². The fraction of sp³-hybridized carbons (Fsp3) is 0.471. The molecule has 0 aliphatic heterocycles. The zero-order valence-electron chi connectivity index (χ0n) is 12.9. The molecule has 0 radical (unpaired) electrons. The van der Waals surface area contributed by atoms with Crippen LogP contribution in [0.5, 0.6) is 0 Å². The number of nitrogens with zero attached hydrogens (tertiary/aromatic N) is 2. The highest BCUT2D eigenvalue weighted by Crippen LogP contribution is 2.25. The Kier molecular flexibility index (Phi) is 5.72. The van der Waals surface area contributed by atoms with Gasteiger partial charge in [0.05, 0.1) is 16.4 Å². The summed E-state index contributed by atoms with van der Waals surface area (Å²) >= 11 is 12.6. The highest BCUT2D eigenvalue weighted by molar-refractivity contribution is 6.31. The van der Waals surface area contributed by atoms with E-state index in [4.69, 9.17) is 23.2 Å². The van der Waals surface area contributed by atoms with Crippen LogP contribution in [0.25, 0.3) is 0 Å². The van der Waals surface area contributed by atoms with Crippen LogP contribution in [0.3, 0.4) is 0 Å². The molecule has 0 fully saturated rings. The molecule has 0 saturated carbocycles. The van der Waals surface area contributed by atoms with Crippen molar-refractivity contribution in [2.24, 2.45) is 13.0 Å². The van der Waals surface area contributed by atoms with Gasteiger partial charge in [0.15, 0.2) is 0 Å². The summed E-state index contributed by atoms with van der Waals surface area (Å²) < 4.78 is 1.90. The minimum Gasteiger partial charge on any atom is -0.271 e. The minimum absolute atomic E-state index is 0.367. The number of hydrogen-bond donors (Lipinski definition) is 0. The van der Waals surface area contributed by atoms with Crippen LogP contribution >= 0.6 is 23.2 Å². The molecule has 1 aromatic carbocycles.